The van der Waals surface area contributed by atoms with Crippen LogP contribution in [0.3, 0.4) is 0 Å². The summed E-state index contributed by atoms with van der Waals surface area (Å²) in [4.78, 5) is 68.6. The number of hydrogen-bond donors (Lipinski definition) is 9. The van der Waals surface area contributed by atoms with Gasteiger partial charge in [0.2, 0.25) is 0 Å². The Morgan fingerprint density at radius 2 is 0.960 bits per heavy atom. The zero-order chi connectivity index (χ0) is 68.2. The Balaban J connectivity index is 0.000000113. The number of aryl methyl sites for hydroxylation is 3. The zero-order valence-electron chi connectivity index (χ0n) is 56.6. The van der Waals surface area contributed by atoms with E-state index in [2.05, 4.69) is 173 Å². The summed E-state index contributed by atoms with van der Waals surface area (Å²) < 4.78 is 6.20. The molecule has 2 unspecified atom stereocenters. The Morgan fingerprint density at radius 1 is 0.455 bits per heavy atom. The second-order valence-corrected chi connectivity index (χ2v) is 26.9. The lowest BCUT2D eigenvalue weighted by Crippen LogP contribution is -2.51. The summed E-state index contributed by atoms with van der Waals surface area (Å²) in [5.74, 6) is 2.00. The van der Waals surface area contributed by atoms with E-state index in [0.717, 1.165) is 190 Å². The van der Waals surface area contributed by atoms with Crippen LogP contribution in [0.2, 0.25) is 0 Å². The first-order valence-corrected chi connectivity index (χ1v) is 34.8. The average molecular weight is 1340 g/mol. The molecule has 8 aromatic heterocycles. The lowest BCUT2D eigenvalue weighted by molar-refractivity contribution is 0.0958. The highest BCUT2D eigenvalue weighted by Crippen LogP contribution is 2.42. The van der Waals surface area contributed by atoms with Crippen LogP contribution >= 0.6 is 0 Å². The fourth-order valence-corrected chi connectivity index (χ4v) is 15.6. The molecule has 7 aliphatic rings. The quantitative estimate of drug-likeness (QED) is 0.0552. The van der Waals surface area contributed by atoms with E-state index in [0.29, 0.717) is 48.4 Å². The lowest BCUT2D eigenvalue weighted by atomic mass is 9.93. The van der Waals surface area contributed by atoms with Crippen LogP contribution in [0.25, 0.3) is 61.1 Å². The summed E-state index contributed by atoms with van der Waals surface area (Å²) >= 11 is 0. The van der Waals surface area contributed by atoms with Gasteiger partial charge in [-0.25, -0.2) is 24.9 Å². The number of aromatic nitrogens is 8. The maximum absolute atomic E-state index is 12.9. The minimum Gasteiger partial charge on any atom is -0.368 e. The van der Waals surface area contributed by atoms with E-state index in [1.165, 1.54) is 23.7 Å². The number of carbonyl (C=O) groups is 3. The Bertz CT molecular complexity index is 5170. The molecule has 23 heteroatoms. The molecule has 0 radical (unpaired) electrons. The van der Waals surface area contributed by atoms with Gasteiger partial charge in [-0.05, 0) is 150 Å². The highest BCUT2D eigenvalue weighted by atomic mass is 16.2. The molecule has 15 heterocycles. The molecule has 4 aromatic carbocycles. The van der Waals surface area contributed by atoms with Crippen molar-refractivity contribution < 1.29 is 14.4 Å². The number of benzene rings is 4. The zero-order valence-corrected chi connectivity index (χ0v) is 56.6. The van der Waals surface area contributed by atoms with E-state index in [-0.39, 0.29) is 17.7 Å². The summed E-state index contributed by atoms with van der Waals surface area (Å²) in [5, 5.41) is 31.8. The first kappa shape index (κ1) is 62.8. The second-order valence-electron chi connectivity index (χ2n) is 26.9. The van der Waals surface area contributed by atoms with Gasteiger partial charge in [0.1, 0.15) is 28.7 Å². The SMILES string of the molecule is Cc1cc(-c2ccc(Nc3ccc(N4CCNCC4)cn3)c3c2CNC3=O)c2ccn(C)c2n1.Cn1ccc2c(-c3ccc(Nc4ccc(N5CCNCC5)cn4)c4c3CNC4=O)cccc21.O=C1NCc2c(-c3cnc4ccccn34)ccc(Nc3ccc(N4CC5CCC(C4)N5)cn3)c21. The highest BCUT2D eigenvalue weighted by Gasteiger charge is 2.34. The van der Waals surface area contributed by atoms with Crippen molar-refractivity contribution in [2.45, 2.75) is 51.5 Å². The largest absolute Gasteiger partial charge is 0.368 e. The molecule has 2 atom stereocenters. The van der Waals surface area contributed by atoms with Crippen LogP contribution in [0.15, 0.2) is 171 Å². The van der Waals surface area contributed by atoms with Crippen LogP contribution in [0.1, 0.15) is 66.3 Å². The molecule has 9 N–H and O–H groups in total. The van der Waals surface area contributed by atoms with E-state index < -0.39 is 0 Å². The van der Waals surface area contributed by atoms with Gasteiger partial charge in [0.05, 0.1) is 81.3 Å². The molecule has 0 spiro atoms. The number of hydrogen-bond acceptors (Lipinski definition) is 17. The normalized spacial score (nSPS) is 17.4. The van der Waals surface area contributed by atoms with E-state index in [9.17, 15) is 14.4 Å². The van der Waals surface area contributed by atoms with Crippen LogP contribution in [0, 0.1) is 6.92 Å². The van der Waals surface area contributed by atoms with Gasteiger partial charge in [-0.2, -0.15) is 0 Å². The molecule has 12 aromatic rings. The third-order valence-corrected chi connectivity index (χ3v) is 20.6. The molecule has 2 bridgehead atoms. The van der Waals surface area contributed by atoms with Crippen LogP contribution in [0.4, 0.5) is 51.6 Å². The predicted octanol–water partition coefficient (Wildman–Crippen LogP) is 10.3. The minimum atomic E-state index is -0.0684. The van der Waals surface area contributed by atoms with Gasteiger partial charge >= 0.3 is 0 Å². The summed E-state index contributed by atoms with van der Waals surface area (Å²) in [5.41, 5.74) is 21.1. The Morgan fingerprint density at radius 3 is 1.50 bits per heavy atom. The number of anilines is 9. The molecule has 0 aliphatic carbocycles. The predicted molar refractivity (Wildman–Crippen MR) is 398 cm³/mol. The van der Waals surface area contributed by atoms with Gasteiger partial charge in [-0.1, -0.05) is 36.4 Å². The molecule has 508 valence electrons. The number of amides is 3. The first-order chi connectivity index (χ1) is 49.5. The number of rotatable bonds is 12. The molecule has 101 heavy (non-hydrogen) atoms. The van der Waals surface area contributed by atoms with Crippen molar-refractivity contribution in [3.8, 4) is 33.5 Å². The highest BCUT2D eigenvalue weighted by molar-refractivity contribution is 6.10. The van der Waals surface area contributed by atoms with Gasteiger partial charge in [-0.15, -0.1) is 0 Å². The summed E-state index contributed by atoms with van der Waals surface area (Å²) in [6.45, 7) is 13.5. The number of nitrogens with one attached hydrogen (secondary N) is 9. The molecule has 7 aliphatic heterocycles. The third kappa shape index (κ3) is 12.1. The molecular weight excluding hydrogens is 1260 g/mol. The molecule has 19 rings (SSSR count). The Labute approximate surface area is 583 Å². The number of piperazine rings is 3. The van der Waals surface area contributed by atoms with E-state index in [1.807, 2.05) is 115 Å². The van der Waals surface area contributed by atoms with Crippen molar-refractivity contribution in [2.75, 3.05) is 96.1 Å². The number of fused-ring (bicyclic) bond motifs is 8. The standard InChI is InChI=1S/C26H25N7O.C26H27N7O.C26H26N6O/c34-26-25-20(12-29-26)19(22-13-28-24-3-1-2-10-33(22)24)7-8-21(25)31-23-9-6-18(11-27-23)32-14-16-4-5-17(15-32)30-16;1-16-13-20(19-7-10-32(2)25(19)30-16)18-4-5-22(24-21(18)15-29-26(24)34)31-23-6-3-17(14-28-23)33-11-8-27-9-12-33;1-31-12-9-20-18(3-2-4-23(20)31)19-6-7-22(25-21(19)16-29-26(25)33)30-24-8-5-17(15-28-24)32-13-10-27-11-14-32/h1-3,6-11,13,16-17,30H,4-5,12,14-15H2,(H,27,31)(H,29,34);3-7,10,13-14,27H,8-9,11-12,15H2,1-2H3,(H,28,31)(H,29,34);2-9,12,15,27H,10-11,13-14,16H2,1H3,(H,28,30)(H,29,33). The third-order valence-electron chi connectivity index (χ3n) is 20.6. The minimum absolute atomic E-state index is 0.0491. The summed E-state index contributed by atoms with van der Waals surface area (Å²) in [6.07, 6.45) is 16.2. The fourth-order valence-electron chi connectivity index (χ4n) is 15.6. The van der Waals surface area contributed by atoms with Crippen molar-refractivity contribution in [1.29, 1.82) is 0 Å². The Hall–Kier alpha value is -11.7. The number of pyridine rings is 5. The lowest BCUT2D eigenvalue weighted by Gasteiger charge is -2.34. The summed E-state index contributed by atoms with van der Waals surface area (Å²) in [7, 11) is 4.05. The van der Waals surface area contributed by atoms with Gasteiger partial charge in [0.15, 0.2) is 0 Å². The maximum Gasteiger partial charge on any atom is 0.254 e. The van der Waals surface area contributed by atoms with E-state index in [1.54, 1.807) is 0 Å². The molecule has 4 fully saturated rings. The van der Waals surface area contributed by atoms with Gasteiger partial charge in [-0.3, -0.25) is 18.8 Å². The van der Waals surface area contributed by atoms with Gasteiger partial charge in [0.25, 0.3) is 17.7 Å². The molecule has 23 nitrogen and oxygen atoms in total. The van der Waals surface area contributed by atoms with Gasteiger partial charge in [0, 0.05) is 157 Å². The summed E-state index contributed by atoms with van der Waals surface area (Å²) in [6, 6.07) is 44.2. The van der Waals surface area contributed by atoms with Crippen LogP contribution in [-0.2, 0) is 33.7 Å². The van der Waals surface area contributed by atoms with Crippen molar-refractivity contribution in [1.82, 2.24) is 70.4 Å². The van der Waals surface area contributed by atoms with Crippen molar-refractivity contribution >= 4 is 96.9 Å². The van der Waals surface area contributed by atoms with Crippen LogP contribution < -0.4 is 62.6 Å². The smallest absolute Gasteiger partial charge is 0.254 e. The second kappa shape index (κ2) is 26.5. The van der Waals surface area contributed by atoms with Crippen LogP contribution in [-0.4, -0.2) is 134 Å². The van der Waals surface area contributed by atoms with E-state index in [4.69, 9.17) is 4.98 Å². The molecule has 3 amide bonds. The van der Waals surface area contributed by atoms with Crippen molar-refractivity contribution in [2.24, 2.45) is 14.1 Å². The van der Waals surface area contributed by atoms with Crippen LogP contribution in [0.5, 0.6) is 0 Å². The average Bonchev–Trinajstić information content (AvgIpc) is 1.66. The number of imidazole rings is 1. The topological polar surface area (TPSA) is 248 Å². The monoisotopic (exact) mass is 1340 g/mol. The Kier molecular flexibility index (Phi) is 16.5. The van der Waals surface area contributed by atoms with Crippen molar-refractivity contribution in [3.63, 3.8) is 0 Å². The fraction of sp³-hybridized carbons (Fsp3) is 0.256. The molecular formula is C78H78N20O3. The number of carbonyl (C=O) groups excluding carboxylic acids is 3. The molecule has 0 saturated carbocycles. The van der Waals surface area contributed by atoms with Gasteiger partial charge < -0.3 is 71.7 Å². The first-order valence-electron chi connectivity index (χ1n) is 34.8. The van der Waals surface area contributed by atoms with Crippen molar-refractivity contribution in [3.05, 3.63) is 210 Å². The molecule has 4 saturated heterocycles. The maximum atomic E-state index is 12.9. The van der Waals surface area contributed by atoms with E-state index >= 15 is 0 Å². The number of nitrogens with zero attached hydrogens (tertiary/aromatic N) is 11.